The van der Waals surface area contributed by atoms with Crippen LogP contribution in [0.3, 0.4) is 0 Å². The van der Waals surface area contributed by atoms with Crippen LogP contribution in [0, 0.1) is 36.5 Å². The molecule has 0 aliphatic rings. The molecular formula is C26H24N4O3. The Labute approximate surface area is 192 Å². The van der Waals surface area contributed by atoms with Crippen molar-refractivity contribution in [2.75, 3.05) is 0 Å². The van der Waals surface area contributed by atoms with Crippen LogP contribution in [-0.4, -0.2) is 10.9 Å². The van der Waals surface area contributed by atoms with Crippen LogP contribution in [0.4, 0.5) is 0 Å². The van der Waals surface area contributed by atoms with Crippen molar-refractivity contribution in [3.8, 4) is 17.9 Å². The fourth-order valence-corrected chi connectivity index (χ4v) is 3.58. The number of nitrogens with zero attached hydrogens (tertiary/aromatic N) is 2. The summed E-state index contributed by atoms with van der Waals surface area (Å²) >= 11 is 0. The number of amides is 1. The summed E-state index contributed by atoms with van der Waals surface area (Å²) in [5.74, 6) is 0.373. The van der Waals surface area contributed by atoms with Crippen LogP contribution < -0.4 is 15.6 Å². The lowest BCUT2D eigenvalue weighted by atomic mass is 9.99. The minimum atomic E-state index is -0.798. The molecule has 3 rings (SSSR count). The molecule has 2 aromatic carbocycles. The normalized spacial score (nSPS) is 11.2. The van der Waals surface area contributed by atoms with E-state index >= 15 is 0 Å². The minimum Gasteiger partial charge on any atom is -0.489 e. The largest absolute Gasteiger partial charge is 0.489 e. The molecule has 1 atom stereocenters. The number of benzene rings is 2. The predicted octanol–water partition coefficient (Wildman–Crippen LogP) is 3.76. The van der Waals surface area contributed by atoms with E-state index in [9.17, 15) is 20.1 Å². The van der Waals surface area contributed by atoms with Gasteiger partial charge in [0.15, 0.2) is 0 Å². The number of hydrogen-bond acceptors (Lipinski definition) is 5. The van der Waals surface area contributed by atoms with Crippen molar-refractivity contribution in [3.05, 3.63) is 98.5 Å². The second-order valence-electron chi connectivity index (χ2n) is 7.64. The highest BCUT2D eigenvalue weighted by Gasteiger charge is 2.17. The van der Waals surface area contributed by atoms with Crippen molar-refractivity contribution in [2.24, 2.45) is 0 Å². The van der Waals surface area contributed by atoms with Crippen molar-refractivity contribution in [3.63, 3.8) is 0 Å². The van der Waals surface area contributed by atoms with Crippen LogP contribution in [0.5, 0.6) is 5.75 Å². The SMILES string of the molecule is Cc1[nH]c(=O)c(C#N)c(C)c1CCC(=O)N[C@H](C#N)c1ccc(OCc2ccccc2)cc1. The van der Waals surface area contributed by atoms with Crippen LogP contribution in [0.1, 0.15) is 46.0 Å². The van der Waals surface area contributed by atoms with Crippen LogP contribution in [0.25, 0.3) is 0 Å². The van der Waals surface area contributed by atoms with E-state index in [1.165, 1.54) is 0 Å². The summed E-state index contributed by atoms with van der Waals surface area (Å²) in [6.45, 7) is 3.88. The van der Waals surface area contributed by atoms with Gasteiger partial charge in [0.05, 0.1) is 6.07 Å². The van der Waals surface area contributed by atoms with Gasteiger partial charge in [0.1, 0.15) is 30.0 Å². The standard InChI is InChI=1S/C26H24N4O3/c1-17-22(18(2)29-26(32)23(17)14-27)12-13-25(31)30-24(15-28)20-8-10-21(11-9-20)33-16-19-6-4-3-5-7-19/h3-11,24H,12-13,16H2,1-2H3,(H,29,32)(H,30,31)/t24-/m1/s1. The monoisotopic (exact) mass is 440 g/mol. The number of aromatic nitrogens is 1. The number of carbonyl (C=O) groups excluding carboxylic acids is 1. The highest BCUT2D eigenvalue weighted by Crippen LogP contribution is 2.20. The maximum Gasteiger partial charge on any atom is 0.266 e. The molecule has 0 aliphatic carbocycles. The molecule has 1 heterocycles. The van der Waals surface area contributed by atoms with Crippen molar-refractivity contribution < 1.29 is 9.53 Å². The van der Waals surface area contributed by atoms with E-state index in [0.29, 0.717) is 35.6 Å². The highest BCUT2D eigenvalue weighted by molar-refractivity contribution is 5.77. The first-order valence-electron chi connectivity index (χ1n) is 10.5. The van der Waals surface area contributed by atoms with Crippen molar-refractivity contribution in [1.29, 1.82) is 10.5 Å². The Hall–Kier alpha value is -4.36. The third-order valence-electron chi connectivity index (χ3n) is 5.42. The van der Waals surface area contributed by atoms with Gasteiger partial charge in [-0.1, -0.05) is 42.5 Å². The van der Waals surface area contributed by atoms with Crippen molar-refractivity contribution >= 4 is 5.91 Å². The molecule has 0 aliphatic heterocycles. The molecule has 1 aromatic heterocycles. The Bertz CT molecular complexity index is 1270. The first kappa shape index (κ1) is 23.3. The summed E-state index contributed by atoms with van der Waals surface area (Å²) < 4.78 is 5.76. The van der Waals surface area contributed by atoms with Gasteiger partial charge in [0.25, 0.3) is 5.56 Å². The van der Waals surface area contributed by atoms with Gasteiger partial charge in [0, 0.05) is 12.1 Å². The summed E-state index contributed by atoms with van der Waals surface area (Å²) in [5, 5.41) is 21.5. The quantitative estimate of drug-likeness (QED) is 0.553. The van der Waals surface area contributed by atoms with E-state index in [1.54, 1.807) is 38.1 Å². The lowest BCUT2D eigenvalue weighted by Gasteiger charge is -2.14. The van der Waals surface area contributed by atoms with E-state index in [1.807, 2.05) is 36.4 Å². The number of rotatable bonds is 8. The zero-order valence-electron chi connectivity index (χ0n) is 18.5. The van der Waals surface area contributed by atoms with E-state index in [4.69, 9.17) is 4.74 Å². The second-order valence-corrected chi connectivity index (χ2v) is 7.64. The van der Waals surface area contributed by atoms with E-state index in [2.05, 4.69) is 16.4 Å². The van der Waals surface area contributed by atoms with Gasteiger partial charge in [-0.05, 0) is 54.7 Å². The first-order chi connectivity index (χ1) is 15.9. The average Bonchev–Trinajstić information content (AvgIpc) is 2.82. The second kappa shape index (κ2) is 10.8. The number of aromatic amines is 1. The maximum absolute atomic E-state index is 12.5. The number of ether oxygens (including phenoxy) is 1. The van der Waals surface area contributed by atoms with E-state index < -0.39 is 11.6 Å². The summed E-state index contributed by atoms with van der Waals surface area (Å²) in [6, 6.07) is 20.1. The molecule has 166 valence electrons. The topological polar surface area (TPSA) is 119 Å². The number of carbonyl (C=O) groups is 1. The van der Waals surface area contributed by atoms with E-state index in [-0.39, 0.29) is 17.9 Å². The number of pyridine rings is 1. The van der Waals surface area contributed by atoms with Crippen molar-refractivity contribution in [1.82, 2.24) is 10.3 Å². The molecule has 3 aromatic rings. The number of hydrogen-bond donors (Lipinski definition) is 2. The highest BCUT2D eigenvalue weighted by atomic mass is 16.5. The summed E-state index contributed by atoms with van der Waals surface area (Å²) in [5.41, 5.74) is 3.30. The molecule has 0 radical (unpaired) electrons. The first-order valence-corrected chi connectivity index (χ1v) is 10.5. The van der Waals surface area contributed by atoms with Gasteiger partial charge >= 0.3 is 0 Å². The molecule has 7 heteroatoms. The lowest BCUT2D eigenvalue weighted by molar-refractivity contribution is -0.121. The van der Waals surface area contributed by atoms with Crippen molar-refractivity contribution in [2.45, 2.75) is 39.3 Å². The fourth-order valence-electron chi connectivity index (χ4n) is 3.58. The summed E-state index contributed by atoms with van der Waals surface area (Å²) in [6.07, 6.45) is 0.467. The number of nitriles is 2. The Morgan fingerprint density at radius 1 is 1.09 bits per heavy atom. The van der Waals surface area contributed by atoms with Gasteiger partial charge in [-0.15, -0.1) is 0 Å². The van der Waals surface area contributed by atoms with Gasteiger partial charge in [-0.25, -0.2) is 0 Å². The van der Waals surface area contributed by atoms with Crippen LogP contribution in [0.15, 0.2) is 59.4 Å². The average molecular weight is 441 g/mol. The molecule has 0 unspecified atom stereocenters. The Balaban J connectivity index is 1.60. The molecule has 2 N–H and O–H groups in total. The summed E-state index contributed by atoms with van der Waals surface area (Å²) in [4.78, 5) is 27.0. The smallest absolute Gasteiger partial charge is 0.266 e. The zero-order chi connectivity index (χ0) is 23.8. The van der Waals surface area contributed by atoms with Gasteiger partial charge in [-0.2, -0.15) is 10.5 Å². The third-order valence-corrected chi connectivity index (χ3v) is 5.42. The lowest BCUT2D eigenvalue weighted by Crippen LogP contribution is -2.28. The van der Waals surface area contributed by atoms with Gasteiger partial charge in [-0.3, -0.25) is 9.59 Å². The molecule has 0 saturated heterocycles. The van der Waals surface area contributed by atoms with Crippen LogP contribution in [0.2, 0.25) is 0 Å². The predicted molar refractivity (Wildman–Crippen MR) is 123 cm³/mol. The molecule has 0 spiro atoms. The van der Waals surface area contributed by atoms with Gasteiger partial charge < -0.3 is 15.0 Å². The molecule has 7 nitrogen and oxygen atoms in total. The van der Waals surface area contributed by atoms with Crippen LogP contribution >= 0.6 is 0 Å². The summed E-state index contributed by atoms with van der Waals surface area (Å²) in [7, 11) is 0. The van der Waals surface area contributed by atoms with Gasteiger partial charge in [0.2, 0.25) is 5.91 Å². The number of aryl methyl sites for hydroxylation is 1. The number of H-pyrrole nitrogens is 1. The number of nitrogens with one attached hydrogen (secondary N) is 2. The maximum atomic E-state index is 12.5. The Kier molecular flexibility index (Phi) is 7.62. The Morgan fingerprint density at radius 3 is 2.42 bits per heavy atom. The molecule has 33 heavy (non-hydrogen) atoms. The Morgan fingerprint density at radius 2 is 1.79 bits per heavy atom. The molecule has 0 fully saturated rings. The zero-order valence-corrected chi connectivity index (χ0v) is 18.5. The molecule has 1 amide bonds. The fraction of sp³-hybridized carbons (Fsp3) is 0.231. The molecule has 0 saturated carbocycles. The molecule has 0 bridgehead atoms. The minimum absolute atomic E-state index is 0.0560. The third kappa shape index (κ3) is 5.87. The van der Waals surface area contributed by atoms with E-state index in [0.717, 1.165) is 11.1 Å². The van der Waals surface area contributed by atoms with Crippen LogP contribution in [-0.2, 0) is 17.8 Å². The molecular weight excluding hydrogens is 416 g/mol.